The molecule has 2 heterocycles. The third-order valence-corrected chi connectivity index (χ3v) is 4.85. The van der Waals surface area contributed by atoms with Gasteiger partial charge in [-0.05, 0) is 37.8 Å². The maximum Gasteiger partial charge on any atom is 0.242 e. The molecule has 2 aliphatic rings. The molecule has 0 aromatic rings. The number of morpholine rings is 1. The Bertz CT molecular complexity index is 377. The van der Waals surface area contributed by atoms with E-state index in [4.69, 9.17) is 4.74 Å². The number of rotatable bonds is 5. The first-order chi connectivity index (χ1) is 10.6. The van der Waals surface area contributed by atoms with Gasteiger partial charge in [0.2, 0.25) is 11.8 Å². The minimum absolute atomic E-state index is 0.0219. The Morgan fingerprint density at radius 1 is 1.27 bits per heavy atom. The first-order valence-corrected chi connectivity index (χ1v) is 8.38. The van der Waals surface area contributed by atoms with E-state index in [2.05, 4.69) is 12.2 Å². The highest BCUT2D eigenvalue weighted by Crippen LogP contribution is 2.24. The fourth-order valence-electron chi connectivity index (χ4n) is 3.22. The topological polar surface area (TPSA) is 61.9 Å². The summed E-state index contributed by atoms with van der Waals surface area (Å²) in [5, 5.41) is 3.35. The molecule has 0 aliphatic carbocycles. The maximum absolute atomic E-state index is 12.3. The lowest BCUT2D eigenvalue weighted by Crippen LogP contribution is -2.46. The van der Waals surface area contributed by atoms with Crippen LogP contribution in [0.4, 0.5) is 0 Å². The van der Waals surface area contributed by atoms with Crippen LogP contribution in [0.2, 0.25) is 0 Å². The summed E-state index contributed by atoms with van der Waals surface area (Å²) in [5.74, 6) is 1.10. The Balaban J connectivity index is 1.74. The van der Waals surface area contributed by atoms with Gasteiger partial charge in [-0.3, -0.25) is 9.59 Å². The number of piperidine rings is 1. The minimum Gasteiger partial charge on any atom is -0.378 e. The van der Waals surface area contributed by atoms with Gasteiger partial charge < -0.3 is 19.9 Å². The lowest BCUT2D eigenvalue weighted by Gasteiger charge is -2.30. The Hall–Kier alpha value is -1.14. The molecule has 0 spiro atoms. The van der Waals surface area contributed by atoms with Crippen molar-refractivity contribution in [3.8, 4) is 0 Å². The summed E-state index contributed by atoms with van der Waals surface area (Å²) in [7, 11) is 1.73. The van der Waals surface area contributed by atoms with Gasteiger partial charge in [-0.25, -0.2) is 0 Å². The molecule has 1 atom stereocenters. The number of hydrogen-bond donors (Lipinski definition) is 1. The highest BCUT2D eigenvalue weighted by molar-refractivity contribution is 5.84. The molecular weight excluding hydrogens is 282 g/mol. The van der Waals surface area contributed by atoms with Gasteiger partial charge >= 0.3 is 0 Å². The van der Waals surface area contributed by atoms with Crippen LogP contribution in [0.25, 0.3) is 0 Å². The summed E-state index contributed by atoms with van der Waals surface area (Å²) < 4.78 is 5.24. The molecule has 2 rings (SSSR count). The predicted octanol–water partition coefficient (Wildman–Crippen LogP) is 0.329. The Morgan fingerprint density at radius 3 is 2.55 bits per heavy atom. The number of hydrogen-bond acceptors (Lipinski definition) is 4. The van der Waals surface area contributed by atoms with E-state index < -0.39 is 0 Å². The average molecular weight is 311 g/mol. The number of ether oxygens (including phenoxy) is 1. The van der Waals surface area contributed by atoms with Crippen LogP contribution in [0, 0.1) is 11.8 Å². The first kappa shape index (κ1) is 17.2. The molecule has 0 saturated carbocycles. The molecule has 0 aromatic carbocycles. The third-order valence-electron chi connectivity index (χ3n) is 4.85. The molecule has 1 unspecified atom stereocenters. The van der Waals surface area contributed by atoms with E-state index in [-0.39, 0.29) is 18.4 Å². The standard InChI is InChI=1S/C16H29N3O3/c1-13(14-3-5-17-6-4-14)11-15(20)18(2)12-16(21)19-7-9-22-10-8-19/h13-14,17H,3-12H2,1-2H3. The molecule has 126 valence electrons. The van der Waals surface area contributed by atoms with E-state index in [0.29, 0.717) is 44.6 Å². The fourth-order valence-corrected chi connectivity index (χ4v) is 3.22. The number of amides is 2. The normalized spacial score (nSPS) is 21.5. The molecule has 0 radical (unpaired) electrons. The third kappa shape index (κ3) is 4.95. The van der Waals surface area contributed by atoms with Crippen LogP contribution >= 0.6 is 0 Å². The van der Waals surface area contributed by atoms with Crippen molar-refractivity contribution in [2.75, 3.05) is 53.0 Å². The molecule has 2 fully saturated rings. The molecule has 6 heteroatoms. The van der Waals surface area contributed by atoms with Crippen LogP contribution < -0.4 is 5.32 Å². The molecular formula is C16H29N3O3. The molecule has 22 heavy (non-hydrogen) atoms. The smallest absolute Gasteiger partial charge is 0.242 e. The first-order valence-electron chi connectivity index (χ1n) is 8.38. The van der Waals surface area contributed by atoms with Crippen molar-refractivity contribution in [1.29, 1.82) is 0 Å². The average Bonchev–Trinajstić information content (AvgIpc) is 2.56. The molecule has 2 aliphatic heterocycles. The van der Waals surface area contributed by atoms with Crippen LogP contribution in [0.15, 0.2) is 0 Å². The second-order valence-corrected chi connectivity index (χ2v) is 6.51. The summed E-state index contributed by atoms with van der Waals surface area (Å²) in [6.07, 6.45) is 2.83. The van der Waals surface area contributed by atoms with E-state index in [1.807, 2.05) is 0 Å². The van der Waals surface area contributed by atoms with Gasteiger partial charge in [0, 0.05) is 26.6 Å². The molecule has 2 saturated heterocycles. The van der Waals surface area contributed by atoms with Gasteiger partial charge in [-0.1, -0.05) is 6.92 Å². The van der Waals surface area contributed by atoms with Gasteiger partial charge in [0.15, 0.2) is 0 Å². The van der Waals surface area contributed by atoms with Gasteiger partial charge in [0.05, 0.1) is 19.8 Å². The van der Waals surface area contributed by atoms with E-state index in [0.717, 1.165) is 25.9 Å². The molecule has 0 bridgehead atoms. The lowest BCUT2D eigenvalue weighted by molar-refractivity contribution is -0.142. The quantitative estimate of drug-likeness (QED) is 0.795. The van der Waals surface area contributed by atoms with Crippen LogP contribution in [-0.4, -0.2) is 74.6 Å². The van der Waals surface area contributed by atoms with Crippen LogP contribution in [0.3, 0.4) is 0 Å². The molecule has 0 aromatic heterocycles. The van der Waals surface area contributed by atoms with Crippen LogP contribution in [0.5, 0.6) is 0 Å². The monoisotopic (exact) mass is 311 g/mol. The van der Waals surface area contributed by atoms with Crippen molar-refractivity contribution in [2.45, 2.75) is 26.2 Å². The zero-order chi connectivity index (χ0) is 15.9. The van der Waals surface area contributed by atoms with Crippen molar-refractivity contribution < 1.29 is 14.3 Å². The summed E-state index contributed by atoms with van der Waals surface area (Å²) >= 11 is 0. The van der Waals surface area contributed by atoms with Crippen molar-refractivity contribution in [3.05, 3.63) is 0 Å². The van der Waals surface area contributed by atoms with E-state index in [9.17, 15) is 9.59 Å². The number of carbonyl (C=O) groups excluding carboxylic acids is 2. The Morgan fingerprint density at radius 2 is 1.91 bits per heavy atom. The molecule has 2 amide bonds. The highest BCUT2D eigenvalue weighted by Gasteiger charge is 2.25. The molecule has 6 nitrogen and oxygen atoms in total. The van der Waals surface area contributed by atoms with Crippen molar-refractivity contribution >= 4 is 11.8 Å². The number of likely N-dealkylation sites (N-methyl/N-ethyl adjacent to an activating group) is 1. The number of nitrogens with one attached hydrogen (secondary N) is 1. The lowest BCUT2D eigenvalue weighted by atomic mass is 9.84. The maximum atomic E-state index is 12.3. The van der Waals surface area contributed by atoms with E-state index >= 15 is 0 Å². The van der Waals surface area contributed by atoms with Gasteiger partial charge in [0.25, 0.3) is 0 Å². The van der Waals surface area contributed by atoms with Crippen molar-refractivity contribution in [1.82, 2.24) is 15.1 Å². The zero-order valence-electron chi connectivity index (χ0n) is 13.8. The summed E-state index contributed by atoms with van der Waals surface area (Å²) in [5.41, 5.74) is 0. The second kappa shape index (κ2) is 8.48. The van der Waals surface area contributed by atoms with Crippen LogP contribution in [-0.2, 0) is 14.3 Å². The number of nitrogens with zero attached hydrogens (tertiary/aromatic N) is 2. The summed E-state index contributed by atoms with van der Waals surface area (Å²) in [6.45, 7) is 6.89. The SMILES string of the molecule is CC(CC(=O)N(C)CC(=O)N1CCOCC1)C1CCNCC1. The Kier molecular flexibility index (Phi) is 6.64. The predicted molar refractivity (Wildman–Crippen MR) is 84.4 cm³/mol. The largest absolute Gasteiger partial charge is 0.378 e. The van der Waals surface area contributed by atoms with Gasteiger partial charge in [-0.2, -0.15) is 0 Å². The number of carbonyl (C=O) groups is 2. The van der Waals surface area contributed by atoms with E-state index in [1.54, 1.807) is 16.8 Å². The van der Waals surface area contributed by atoms with E-state index in [1.165, 1.54) is 0 Å². The second-order valence-electron chi connectivity index (χ2n) is 6.51. The van der Waals surface area contributed by atoms with Crippen molar-refractivity contribution in [2.24, 2.45) is 11.8 Å². The summed E-state index contributed by atoms with van der Waals surface area (Å²) in [6, 6.07) is 0. The minimum atomic E-state index is 0.0219. The summed E-state index contributed by atoms with van der Waals surface area (Å²) in [4.78, 5) is 27.9. The Labute approximate surface area is 133 Å². The molecule has 1 N–H and O–H groups in total. The zero-order valence-corrected chi connectivity index (χ0v) is 13.8. The highest BCUT2D eigenvalue weighted by atomic mass is 16.5. The van der Waals surface area contributed by atoms with Crippen LogP contribution in [0.1, 0.15) is 26.2 Å². The van der Waals surface area contributed by atoms with Gasteiger partial charge in [0.1, 0.15) is 0 Å². The fraction of sp³-hybridized carbons (Fsp3) is 0.875. The van der Waals surface area contributed by atoms with Gasteiger partial charge in [-0.15, -0.1) is 0 Å². The van der Waals surface area contributed by atoms with Crippen molar-refractivity contribution in [3.63, 3.8) is 0 Å².